The molecule has 3 rings (SSSR count). The molecule has 0 spiro atoms. The Morgan fingerprint density at radius 3 is 1.65 bits per heavy atom. The second-order valence-electron chi connectivity index (χ2n) is 7.99. The molecule has 20 heavy (non-hydrogen) atoms. The lowest BCUT2D eigenvalue weighted by Crippen LogP contribution is -2.38. The minimum atomic E-state index is 1.04. The second-order valence-corrected chi connectivity index (χ2v) is 7.99. The molecule has 0 atom stereocenters. The molecule has 0 aromatic heterocycles. The van der Waals surface area contributed by atoms with E-state index < -0.39 is 0 Å². The van der Waals surface area contributed by atoms with Gasteiger partial charge >= 0.3 is 0 Å². The number of hydrogen-bond acceptors (Lipinski definition) is 1. The van der Waals surface area contributed by atoms with Crippen molar-refractivity contribution in [3.05, 3.63) is 0 Å². The van der Waals surface area contributed by atoms with Crippen LogP contribution in [0.15, 0.2) is 0 Å². The van der Waals surface area contributed by atoms with E-state index in [0.717, 1.165) is 17.8 Å². The van der Waals surface area contributed by atoms with Crippen molar-refractivity contribution in [1.82, 2.24) is 4.90 Å². The van der Waals surface area contributed by atoms with E-state index in [0.29, 0.717) is 0 Å². The highest BCUT2D eigenvalue weighted by atomic mass is 15.1. The maximum Gasteiger partial charge on any atom is 0.000966 e. The summed E-state index contributed by atoms with van der Waals surface area (Å²) in [5.74, 6) is 3.21. The van der Waals surface area contributed by atoms with Crippen LogP contribution in [0.3, 0.4) is 0 Å². The molecular weight excluding hydrogens is 242 g/mol. The van der Waals surface area contributed by atoms with Gasteiger partial charge in [0.15, 0.2) is 0 Å². The topological polar surface area (TPSA) is 3.24 Å². The molecule has 1 saturated heterocycles. The molecule has 0 amide bonds. The number of nitrogens with zero attached hydrogens (tertiary/aromatic N) is 1. The van der Waals surface area contributed by atoms with Crippen molar-refractivity contribution in [1.29, 1.82) is 0 Å². The predicted octanol–water partition coefficient (Wildman–Crippen LogP) is 5.25. The van der Waals surface area contributed by atoms with Crippen LogP contribution in [0.25, 0.3) is 0 Å². The SMILES string of the molecule is C1CCC(CC2CCN(CC3CCCCC3)CC2)CC1. The lowest BCUT2D eigenvalue weighted by molar-refractivity contribution is 0.130. The molecule has 0 aromatic carbocycles. The summed E-state index contributed by atoms with van der Waals surface area (Å²) in [6.45, 7) is 4.25. The van der Waals surface area contributed by atoms with Crippen molar-refractivity contribution in [2.45, 2.75) is 83.5 Å². The van der Waals surface area contributed by atoms with Crippen LogP contribution in [0.4, 0.5) is 0 Å². The van der Waals surface area contributed by atoms with E-state index in [-0.39, 0.29) is 0 Å². The van der Waals surface area contributed by atoms with E-state index in [2.05, 4.69) is 4.90 Å². The predicted molar refractivity (Wildman–Crippen MR) is 86.9 cm³/mol. The Kier molecular flexibility index (Phi) is 5.82. The Morgan fingerprint density at radius 1 is 0.550 bits per heavy atom. The zero-order valence-electron chi connectivity index (χ0n) is 13.5. The Bertz CT molecular complexity index is 227. The Hall–Kier alpha value is -0.0400. The fourth-order valence-electron chi connectivity index (χ4n) is 5.03. The highest BCUT2D eigenvalue weighted by Crippen LogP contribution is 2.33. The van der Waals surface area contributed by atoms with Crippen molar-refractivity contribution in [3.8, 4) is 0 Å². The third-order valence-electron chi connectivity index (χ3n) is 6.34. The fraction of sp³-hybridized carbons (Fsp3) is 1.00. The van der Waals surface area contributed by atoms with E-state index in [1.807, 2.05) is 0 Å². The molecule has 0 aromatic rings. The van der Waals surface area contributed by atoms with Gasteiger partial charge in [-0.1, -0.05) is 51.4 Å². The molecular formula is C19H35N. The first-order valence-electron chi connectivity index (χ1n) is 9.62. The third-order valence-corrected chi connectivity index (χ3v) is 6.34. The first-order chi connectivity index (χ1) is 9.90. The van der Waals surface area contributed by atoms with Crippen molar-refractivity contribution in [3.63, 3.8) is 0 Å². The van der Waals surface area contributed by atoms with Crippen molar-refractivity contribution in [2.75, 3.05) is 19.6 Å². The van der Waals surface area contributed by atoms with Crippen LogP contribution in [0.2, 0.25) is 0 Å². The quantitative estimate of drug-likeness (QED) is 0.678. The van der Waals surface area contributed by atoms with Gasteiger partial charge in [0.1, 0.15) is 0 Å². The zero-order valence-corrected chi connectivity index (χ0v) is 13.5. The van der Waals surface area contributed by atoms with E-state index in [9.17, 15) is 0 Å². The number of likely N-dealkylation sites (tertiary alicyclic amines) is 1. The van der Waals surface area contributed by atoms with Crippen LogP contribution in [0, 0.1) is 17.8 Å². The van der Waals surface area contributed by atoms with Crippen LogP contribution in [-0.2, 0) is 0 Å². The molecule has 0 bridgehead atoms. The molecule has 0 unspecified atom stereocenters. The van der Waals surface area contributed by atoms with Crippen LogP contribution in [-0.4, -0.2) is 24.5 Å². The van der Waals surface area contributed by atoms with Crippen LogP contribution < -0.4 is 0 Å². The second kappa shape index (κ2) is 7.82. The normalized spacial score (nSPS) is 28.8. The van der Waals surface area contributed by atoms with Gasteiger partial charge in [-0.15, -0.1) is 0 Å². The average Bonchev–Trinajstić information content (AvgIpc) is 2.51. The Labute approximate surface area is 126 Å². The van der Waals surface area contributed by atoms with Gasteiger partial charge in [0.2, 0.25) is 0 Å². The summed E-state index contributed by atoms with van der Waals surface area (Å²) < 4.78 is 0. The largest absolute Gasteiger partial charge is 0.303 e. The highest BCUT2D eigenvalue weighted by molar-refractivity contribution is 4.78. The van der Waals surface area contributed by atoms with Crippen LogP contribution in [0.5, 0.6) is 0 Å². The molecule has 1 heterocycles. The van der Waals surface area contributed by atoms with E-state index in [1.165, 1.54) is 83.8 Å². The van der Waals surface area contributed by atoms with Gasteiger partial charge in [-0.2, -0.15) is 0 Å². The fourth-order valence-corrected chi connectivity index (χ4v) is 5.03. The summed E-state index contributed by atoms with van der Waals surface area (Å²) in [4.78, 5) is 2.80. The van der Waals surface area contributed by atoms with Gasteiger partial charge in [0.25, 0.3) is 0 Å². The molecule has 2 saturated carbocycles. The monoisotopic (exact) mass is 277 g/mol. The van der Waals surface area contributed by atoms with Gasteiger partial charge in [0.05, 0.1) is 0 Å². The lowest BCUT2D eigenvalue weighted by atomic mass is 9.79. The molecule has 2 aliphatic carbocycles. The molecule has 0 radical (unpaired) electrons. The summed E-state index contributed by atoms with van der Waals surface area (Å²) in [6.07, 6.45) is 19.7. The zero-order chi connectivity index (χ0) is 13.6. The molecule has 0 N–H and O–H groups in total. The van der Waals surface area contributed by atoms with Gasteiger partial charge in [-0.25, -0.2) is 0 Å². The van der Waals surface area contributed by atoms with E-state index >= 15 is 0 Å². The maximum atomic E-state index is 2.80. The minimum Gasteiger partial charge on any atom is -0.303 e. The molecule has 1 nitrogen and oxygen atoms in total. The molecule has 1 aliphatic heterocycles. The first kappa shape index (κ1) is 14.9. The van der Waals surface area contributed by atoms with E-state index in [1.54, 1.807) is 19.3 Å². The van der Waals surface area contributed by atoms with Gasteiger partial charge in [0, 0.05) is 6.54 Å². The summed E-state index contributed by atoms with van der Waals surface area (Å²) in [6, 6.07) is 0. The maximum absolute atomic E-state index is 2.80. The highest BCUT2D eigenvalue weighted by Gasteiger charge is 2.25. The molecule has 116 valence electrons. The lowest BCUT2D eigenvalue weighted by Gasteiger charge is -2.37. The van der Waals surface area contributed by atoms with Crippen LogP contribution >= 0.6 is 0 Å². The van der Waals surface area contributed by atoms with Gasteiger partial charge < -0.3 is 4.90 Å². The molecule has 3 fully saturated rings. The van der Waals surface area contributed by atoms with Crippen molar-refractivity contribution in [2.24, 2.45) is 17.8 Å². The Balaban J connectivity index is 1.33. The first-order valence-corrected chi connectivity index (χ1v) is 9.62. The van der Waals surface area contributed by atoms with Crippen molar-refractivity contribution >= 4 is 0 Å². The number of rotatable bonds is 4. The summed E-state index contributed by atoms with van der Waals surface area (Å²) in [5, 5.41) is 0. The summed E-state index contributed by atoms with van der Waals surface area (Å²) in [5.41, 5.74) is 0. The van der Waals surface area contributed by atoms with Gasteiger partial charge in [-0.3, -0.25) is 0 Å². The van der Waals surface area contributed by atoms with Gasteiger partial charge in [-0.05, 0) is 62.9 Å². The summed E-state index contributed by atoms with van der Waals surface area (Å²) >= 11 is 0. The standard InChI is InChI=1S/C19H35N/c1-3-7-17(8-4-1)15-18-11-13-20(14-12-18)16-19-9-5-2-6-10-19/h17-19H,1-16H2. The summed E-state index contributed by atoms with van der Waals surface area (Å²) in [7, 11) is 0. The molecule has 3 aliphatic rings. The average molecular weight is 277 g/mol. The van der Waals surface area contributed by atoms with Crippen LogP contribution in [0.1, 0.15) is 83.5 Å². The minimum absolute atomic E-state index is 1.04. The van der Waals surface area contributed by atoms with E-state index in [4.69, 9.17) is 0 Å². The smallest absolute Gasteiger partial charge is 0.000966 e. The Morgan fingerprint density at radius 2 is 1.05 bits per heavy atom. The number of piperidine rings is 1. The third kappa shape index (κ3) is 4.48. The molecule has 1 heteroatoms. The number of hydrogen-bond donors (Lipinski definition) is 0. The van der Waals surface area contributed by atoms with Crippen molar-refractivity contribution < 1.29 is 0 Å².